The first-order valence-electron chi connectivity index (χ1n) is 5.42. The number of anilines is 1. The molecule has 9 nitrogen and oxygen atoms in total. The van der Waals surface area contributed by atoms with E-state index in [0.29, 0.717) is 0 Å². The summed E-state index contributed by atoms with van der Waals surface area (Å²) in [6.07, 6.45) is 0.0578. The number of nitrogen functional groups attached to an aromatic ring is 1. The number of nitrogens with two attached hydrogens (primary N) is 1. The Morgan fingerprint density at radius 1 is 1.53 bits per heavy atom. The van der Waals surface area contributed by atoms with Crippen molar-refractivity contribution in [2.75, 3.05) is 18.7 Å². The van der Waals surface area contributed by atoms with Gasteiger partial charge in [-0.05, 0) is 12.5 Å². The summed E-state index contributed by atoms with van der Waals surface area (Å²) in [7, 11) is -4.29. The minimum Gasteiger partial charge on any atom is -0.396 e. The summed E-state index contributed by atoms with van der Waals surface area (Å²) in [5, 5.41) is 8.86. The first-order chi connectivity index (χ1) is 8.81. The van der Waals surface area contributed by atoms with E-state index in [4.69, 9.17) is 25.4 Å². The molecule has 1 heterocycles. The van der Waals surface area contributed by atoms with Crippen LogP contribution in [-0.2, 0) is 15.8 Å². The Kier molecular flexibility index (Phi) is 5.64. The molecule has 0 saturated heterocycles. The van der Waals surface area contributed by atoms with Crippen molar-refractivity contribution >= 4 is 13.4 Å². The molecule has 0 aliphatic rings. The number of aliphatic hydroxyl groups is 1. The Hall–Kier alpha value is -1.25. The van der Waals surface area contributed by atoms with Gasteiger partial charge in [-0.3, -0.25) is 9.13 Å². The average molecular weight is 293 g/mol. The molecule has 1 aromatic heterocycles. The van der Waals surface area contributed by atoms with Crippen molar-refractivity contribution in [3.8, 4) is 0 Å². The molecule has 0 saturated carbocycles. The van der Waals surface area contributed by atoms with Crippen LogP contribution in [0, 0.1) is 0 Å². The number of rotatable bonds is 7. The Balaban J connectivity index is 2.72. The van der Waals surface area contributed by atoms with Gasteiger partial charge in [-0.15, -0.1) is 0 Å². The van der Waals surface area contributed by atoms with E-state index in [1.165, 1.54) is 16.8 Å². The zero-order valence-corrected chi connectivity index (χ0v) is 10.9. The van der Waals surface area contributed by atoms with Gasteiger partial charge in [0.05, 0.1) is 12.6 Å². The first-order valence-corrected chi connectivity index (χ1v) is 7.21. The van der Waals surface area contributed by atoms with Crippen molar-refractivity contribution < 1.29 is 24.2 Å². The van der Waals surface area contributed by atoms with Crippen LogP contribution in [0.25, 0.3) is 0 Å². The third-order valence-corrected chi connectivity index (χ3v) is 2.71. The second-order valence-corrected chi connectivity index (χ2v) is 5.47. The Bertz CT molecular complexity index is 513. The maximum Gasteiger partial charge on any atom is 0.350 e. The number of aliphatic hydroxyl groups excluding tert-OH is 1. The standard InChI is InChI=1S/C9H16N3O6P/c10-8-1-3-12(9(14)11-8)5-7(2-4-13)18-6-19(15,16)17/h1,3,7,13H,2,4-6H2,(H2,10,11,14)(H2,15,16,17)/t7-/m1/s1. The summed E-state index contributed by atoms with van der Waals surface area (Å²) in [5.74, 6) is 0.0797. The summed E-state index contributed by atoms with van der Waals surface area (Å²) in [6, 6.07) is 1.42. The van der Waals surface area contributed by atoms with Crippen molar-refractivity contribution in [3.05, 3.63) is 22.7 Å². The lowest BCUT2D eigenvalue weighted by Gasteiger charge is -2.18. The molecule has 0 bridgehead atoms. The average Bonchev–Trinajstić information content (AvgIpc) is 2.28. The molecule has 5 N–H and O–H groups in total. The minimum atomic E-state index is -4.29. The van der Waals surface area contributed by atoms with Gasteiger partial charge in [0.15, 0.2) is 0 Å². The number of aromatic nitrogens is 2. The van der Waals surface area contributed by atoms with E-state index in [1.54, 1.807) is 0 Å². The van der Waals surface area contributed by atoms with E-state index in [0.717, 1.165) is 0 Å². The van der Waals surface area contributed by atoms with Gasteiger partial charge < -0.3 is 25.4 Å². The Morgan fingerprint density at radius 2 is 2.21 bits per heavy atom. The zero-order chi connectivity index (χ0) is 14.5. The predicted octanol–water partition coefficient (Wildman–Crippen LogP) is -1.27. The third-order valence-electron chi connectivity index (χ3n) is 2.23. The van der Waals surface area contributed by atoms with E-state index in [2.05, 4.69) is 4.98 Å². The summed E-state index contributed by atoms with van der Waals surface area (Å²) in [6.45, 7) is -0.213. The topological polar surface area (TPSA) is 148 Å². The highest BCUT2D eigenvalue weighted by molar-refractivity contribution is 7.51. The van der Waals surface area contributed by atoms with Crippen molar-refractivity contribution in [1.29, 1.82) is 0 Å². The van der Waals surface area contributed by atoms with Gasteiger partial charge in [0.25, 0.3) is 0 Å². The summed E-state index contributed by atoms with van der Waals surface area (Å²) < 4.78 is 16.9. The monoisotopic (exact) mass is 293 g/mol. The highest BCUT2D eigenvalue weighted by Crippen LogP contribution is 2.34. The molecule has 0 aliphatic carbocycles. The molecule has 0 aliphatic heterocycles. The molecular formula is C9H16N3O6P. The van der Waals surface area contributed by atoms with Crippen LogP contribution in [-0.4, -0.2) is 43.5 Å². The van der Waals surface area contributed by atoms with Gasteiger partial charge in [0, 0.05) is 12.8 Å². The van der Waals surface area contributed by atoms with Crippen LogP contribution >= 0.6 is 7.60 Å². The van der Waals surface area contributed by atoms with E-state index in [1.807, 2.05) is 0 Å². The lowest BCUT2D eigenvalue weighted by atomic mass is 10.2. The second-order valence-electron chi connectivity index (χ2n) is 3.88. The SMILES string of the molecule is Nc1ccn(C[C@@H](CCO)OCP(=O)(O)O)c(=O)n1. The molecule has 10 heteroatoms. The molecular weight excluding hydrogens is 277 g/mol. The lowest BCUT2D eigenvalue weighted by molar-refractivity contribution is 0.0424. The van der Waals surface area contributed by atoms with Crippen LogP contribution in [0.3, 0.4) is 0 Å². The van der Waals surface area contributed by atoms with Gasteiger partial charge in [0.2, 0.25) is 0 Å². The highest BCUT2D eigenvalue weighted by Gasteiger charge is 2.18. The third kappa shape index (κ3) is 5.95. The number of hydrogen-bond acceptors (Lipinski definition) is 6. The molecule has 0 fully saturated rings. The van der Waals surface area contributed by atoms with Crippen molar-refractivity contribution in [2.24, 2.45) is 0 Å². The predicted molar refractivity (Wildman–Crippen MR) is 66.4 cm³/mol. The molecule has 0 spiro atoms. The smallest absolute Gasteiger partial charge is 0.350 e. The Morgan fingerprint density at radius 3 is 2.74 bits per heavy atom. The molecule has 0 radical (unpaired) electrons. The molecule has 0 unspecified atom stereocenters. The van der Waals surface area contributed by atoms with Crippen molar-refractivity contribution in [2.45, 2.75) is 19.1 Å². The van der Waals surface area contributed by atoms with E-state index < -0.39 is 25.7 Å². The van der Waals surface area contributed by atoms with Crippen LogP contribution in [0.2, 0.25) is 0 Å². The van der Waals surface area contributed by atoms with Gasteiger partial charge in [0.1, 0.15) is 12.2 Å². The summed E-state index contributed by atoms with van der Waals surface area (Å²) in [4.78, 5) is 32.4. The van der Waals surface area contributed by atoms with E-state index in [9.17, 15) is 9.36 Å². The fourth-order valence-electron chi connectivity index (χ4n) is 1.37. The van der Waals surface area contributed by atoms with Crippen LogP contribution in [0.4, 0.5) is 5.82 Å². The van der Waals surface area contributed by atoms with Crippen LogP contribution in [0.1, 0.15) is 6.42 Å². The van der Waals surface area contributed by atoms with E-state index >= 15 is 0 Å². The highest BCUT2D eigenvalue weighted by atomic mass is 31.2. The van der Waals surface area contributed by atoms with Crippen molar-refractivity contribution in [1.82, 2.24) is 9.55 Å². The molecule has 108 valence electrons. The molecule has 0 amide bonds. The number of nitrogens with zero attached hydrogens (tertiary/aromatic N) is 2. The largest absolute Gasteiger partial charge is 0.396 e. The minimum absolute atomic E-state index is 0.0205. The van der Waals surface area contributed by atoms with Gasteiger partial charge in [-0.1, -0.05) is 0 Å². The fraction of sp³-hybridized carbons (Fsp3) is 0.556. The first kappa shape index (κ1) is 15.8. The van der Waals surface area contributed by atoms with Gasteiger partial charge >= 0.3 is 13.3 Å². The summed E-state index contributed by atoms with van der Waals surface area (Å²) in [5.41, 5.74) is 4.74. The maximum atomic E-state index is 11.5. The quantitative estimate of drug-likeness (QED) is 0.455. The maximum absolute atomic E-state index is 11.5. The zero-order valence-electron chi connectivity index (χ0n) is 10.0. The van der Waals surface area contributed by atoms with Crippen LogP contribution in [0.15, 0.2) is 17.1 Å². The molecule has 1 rings (SSSR count). The second kappa shape index (κ2) is 6.78. The fourth-order valence-corrected chi connectivity index (χ4v) is 1.78. The number of hydrogen-bond donors (Lipinski definition) is 4. The van der Waals surface area contributed by atoms with Crippen molar-refractivity contribution in [3.63, 3.8) is 0 Å². The van der Waals surface area contributed by atoms with Gasteiger partial charge in [-0.2, -0.15) is 4.98 Å². The van der Waals surface area contributed by atoms with Gasteiger partial charge in [-0.25, -0.2) is 4.79 Å². The lowest BCUT2D eigenvalue weighted by Crippen LogP contribution is -2.30. The normalized spacial score (nSPS) is 13.4. The molecule has 19 heavy (non-hydrogen) atoms. The van der Waals surface area contributed by atoms with E-state index in [-0.39, 0.29) is 25.4 Å². The molecule has 1 aromatic rings. The Labute approximate surface area is 108 Å². The molecule has 0 aromatic carbocycles. The van der Waals surface area contributed by atoms with Crippen LogP contribution < -0.4 is 11.4 Å². The number of ether oxygens (including phenoxy) is 1. The molecule has 1 atom stereocenters. The summed E-state index contributed by atoms with van der Waals surface area (Å²) >= 11 is 0. The van der Waals surface area contributed by atoms with Crippen LogP contribution in [0.5, 0.6) is 0 Å².